The van der Waals surface area contributed by atoms with Gasteiger partial charge in [-0.15, -0.1) is 0 Å². The highest BCUT2D eigenvalue weighted by molar-refractivity contribution is 6.30. The van der Waals surface area contributed by atoms with Crippen LogP contribution in [0.2, 0.25) is 5.02 Å². The minimum Gasteiger partial charge on any atom is -0.351 e. The fourth-order valence-electron chi connectivity index (χ4n) is 4.99. The Balaban J connectivity index is 1.32. The molecule has 184 valence electrons. The second kappa shape index (κ2) is 10.3. The van der Waals surface area contributed by atoms with Gasteiger partial charge in [0, 0.05) is 37.4 Å². The van der Waals surface area contributed by atoms with Gasteiger partial charge in [0.05, 0.1) is 5.92 Å². The van der Waals surface area contributed by atoms with Gasteiger partial charge in [-0.2, -0.15) is 4.39 Å². The van der Waals surface area contributed by atoms with Crippen LogP contribution in [0.1, 0.15) is 40.2 Å². The van der Waals surface area contributed by atoms with Gasteiger partial charge >= 0.3 is 0 Å². The molecule has 3 aromatic rings. The zero-order valence-corrected chi connectivity index (χ0v) is 20.7. The van der Waals surface area contributed by atoms with Crippen molar-refractivity contribution in [2.24, 2.45) is 0 Å². The lowest BCUT2D eigenvalue weighted by Crippen LogP contribution is -2.33. The van der Waals surface area contributed by atoms with Crippen LogP contribution in [0.5, 0.6) is 0 Å². The quantitative estimate of drug-likeness (QED) is 0.424. The van der Waals surface area contributed by atoms with Crippen LogP contribution < -0.4 is 5.32 Å². The fourth-order valence-corrected chi connectivity index (χ4v) is 5.16. The summed E-state index contributed by atoms with van der Waals surface area (Å²) in [5, 5.41) is 3.60. The van der Waals surface area contributed by atoms with Crippen molar-refractivity contribution in [1.29, 1.82) is 0 Å². The number of carbonyl (C=O) groups is 1. The molecule has 0 fully saturated rings. The van der Waals surface area contributed by atoms with E-state index in [-0.39, 0.29) is 24.2 Å². The average molecular weight is 506 g/mol. The Morgan fingerprint density at radius 1 is 1.19 bits per heavy atom. The molecule has 2 aromatic carbocycles. The van der Waals surface area contributed by atoms with Gasteiger partial charge in [0.2, 0.25) is 11.9 Å². The summed E-state index contributed by atoms with van der Waals surface area (Å²) < 4.78 is 27.3. The van der Waals surface area contributed by atoms with E-state index in [9.17, 15) is 13.6 Å². The van der Waals surface area contributed by atoms with Crippen molar-refractivity contribution in [2.45, 2.75) is 25.8 Å². The summed E-state index contributed by atoms with van der Waals surface area (Å²) in [6.45, 7) is 4.21. The number of pyridine rings is 1. The van der Waals surface area contributed by atoms with Crippen molar-refractivity contribution in [2.75, 3.05) is 19.6 Å². The number of nitrogens with one attached hydrogen (secondary N) is 1. The normalized spacial score (nSPS) is 17.4. The van der Waals surface area contributed by atoms with E-state index in [1.165, 1.54) is 12.3 Å². The fraction of sp³-hybridized carbons (Fsp3) is 0.241. The number of carbonyl (C=O) groups excluding carboxylic acids is 1. The van der Waals surface area contributed by atoms with Gasteiger partial charge in [-0.1, -0.05) is 42.0 Å². The number of aryl methyl sites for hydroxylation is 1. The number of hydrogen-bond donors (Lipinski definition) is 1. The molecule has 0 bridgehead atoms. The van der Waals surface area contributed by atoms with Crippen molar-refractivity contribution >= 4 is 29.2 Å². The van der Waals surface area contributed by atoms with Crippen molar-refractivity contribution in [3.05, 3.63) is 111 Å². The Bertz CT molecular complexity index is 1380. The van der Waals surface area contributed by atoms with Crippen molar-refractivity contribution in [3.63, 3.8) is 0 Å². The van der Waals surface area contributed by atoms with Crippen LogP contribution in [0.25, 0.3) is 11.6 Å². The maximum absolute atomic E-state index is 13.8. The first kappa shape index (κ1) is 24.3. The number of rotatable bonds is 6. The van der Waals surface area contributed by atoms with Crippen molar-refractivity contribution < 1.29 is 13.6 Å². The molecule has 1 atom stereocenters. The first-order chi connectivity index (χ1) is 17.4. The van der Waals surface area contributed by atoms with E-state index in [1.807, 2.05) is 36.4 Å². The third kappa shape index (κ3) is 5.11. The summed E-state index contributed by atoms with van der Waals surface area (Å²) in [5.74, 6) is -1.26. The zero-order valence-electron chi connectivity index (χ0n) is 19.9. The molecule has 5 rings (SSSR count). The highest BCUT2D eigenvalue weighted by Gasteiger charge is 2.38. The summed E-state index contributed by atoms with van der Waals surface area (Å²) in [6.07, 6.45) is 6.13. The lowest BCUT2D eigenvalue weighted by Gasteiger charge is -2.29. The maximum Gasteiger partial charge on any atom is 0.231 e. The molecule has 2 heterocycles. The van der Waals surface area contributed by atoms with Crippen LogP contribution >= 0.6 is 11.6 Å². The van der Waals surface area contributed by atoms with Crippen LogP contribution in [0.15, 0.2) is 66.4 Å². The van der Waals surface area contributed by atoms with E-state index in [0.29, 0.717) is 29.2 Å². The van der Waals surface area contributed by atoms with Crippen LogP contribution in [0.3, 0.4) is 0 Å². The predicted molar refractivity (Wildman–Crippen MR) is 138 cm³/mol. The summed E-state index contributed by atoms with van der Waals surface area (Å²) >= 11 is 6.33. The minimum atomic E-state index is -0.568. The predicted octanol–water partition coefficient (Wildman–Crippen LogP) is 5.91. The van der Waals surface area contributed by atoms with Crippen LogP contribution in [-0.4, -0.2) is 35.4 Å². The molecule has 36 heavy (non-hydrogen) atoms. The van der Waals surface area contributed by atoms with E-state index in [0.717, 1.165) is 40.8 Å². The molecule has 7 heteroatoms. The molecule has 0 saturated heterocycles. The second-order valence-electron chi connectivity index (χ2n) is 9.27. The Labute approximate surface area is 214 Å². The first-order valence-corrected chi connectivity index (χ1v) is 12.3. The lowest BCUT2D eigenvalue weighted by molar-refractivity contribution is -0.121. The minimum absolute atomic E-state index is 0.101. The van der Waals surface area contributed by atoms with E-state index in [4.69, 9.17) is 11.6 Å². The molecule has 1 N–H and O–H groups in total. The molecule has 0 saturated carbocycles. The number of hydrogen-bond acceptors (Lipinski definition) is 3. The number of aromatic nitrogens is 1. The average Bonchev–Trinajstić information content (AvgIpc) is 3.18. The van der Waals surface area contributed by atoms with Gasteiger partial charge in [-0.25, -0.2) is 9.37 Å². The maximum atomic E-state index is 13.8. The molecular weight excluding hydrogens is 480 g/mol. The molecule has 1 aliphatic carbocycles. The highest BCUT2D eigenvalue weighted by Crippen LogP contribution is 2.46. The number of benzene rings is 2. The van der Waals surface area contributed by atoms with Crippen LogP contribution in [0.4, 0.5) is 8.78 Å². The van der Waals surface area contributed by atoms with E-state index >= 15 is 0 Å². The summed E-state index contributed by atoms with van der Waals surface area (Å²) in [6, 6.07) is 13.9. The van der Waals surface area contributed by atoms with Gasteiger partial charge in [0.1, 0.15) is 5.82 Å². The molecule has 4 nitrogen and oxygen atoms in total. The van der Waals surface area contributed by atoms with Gasteiger partial charge in [0.25, 0.3) is 0 Å². The van der Waals surface area contributed by atoms with E-state index in [1.54, 1.807) is 25.1 Å². The molecule has 1 aromatic heterocycles. The van der Waals surface area contributed by atoms with Crippen LogP contribution in [0, 0.1) is 18.7 Å². The second-order valence-corrected chi connectivity index (χ2v) is 9.71. The SMILES string of the molecule is Cc1ccc(/C=C/CN2CCC3=C(C2)c2cc(Cl)ccc2C3C(=O)NCc2ccnc(F)c2)cc1F. The van der Waals surface area contributed by atoms with E-state index in [2.05, 4.69) is 15.2 Å². The molecule has 0 spiro atoms. The molecular formula is C29H26ClF2N3O. The Morgan fingerprint density at radius 3 is 2.86 bits per heavy atom. The Kier molecular flexibility index (Phi) is 6.99. The highest BCUT2D eigenvalue weighted by atomic mass is 35.5. The van der Waals surface area contributed by atoms with Gasteiger partial charge < -0.3 is 5.32 Å². The molecule has 1 aliphatic heterocycles. The molecule has 1 unspecified atom stereocenters. The van der Waals surface area contributed by atoms with E-state index < -0.39 is 5.95 Å². The van der Waals surface area contributed by atoms with Gasteiger partial charge in [-0.05, 0) is 82.6 Å². The van der Waals surface area contributed by atoms with Gasteiger partial charge in [-0.3, -0.25) is 9.69 Å². The van der Waals surface area contributed by atoms with Crippen molar-refractivity contribution in [3.8, 4) is 0 Å². The smallest absolute Gasteiger partial charge is 0.231 e. The van der Waals surface area contributed by atoms with Crippen LogP contribution in [-0.2, 0) is 11.3 Å². The third-order valence-corrected chi connectivity index (χ3v) is 7.09. The number of halogens is 3. The molecule has 1 amide bonds. The largest absolute Gasteiger partial charge is 0.351 e. The standard InChI is InChI=1S/C29H26ClF2N3O/c1-18-4-5-19(13-26(18)31)3-2-11-35-12-9-23-25(17-35)24-15-21(30)6-7-22(24)28(23)29(36)34-16-20-8-10-33-27(32)14-20/h2-8,10,13-15,28H,9,11-12,16-17H2,1H3,(H,34,36)/b3-2+. The molecule has 0 radical (unpaired) electrons. The monoisotopic (exact) mass is 505 g/mol. The Morgan fingerprint density at radius 2 is 2.06 bits per heavy atom. The molecule has 2 aliphatic rings. The number of amides is 1. The third-order valence-electron chi connectivity index (χ3n) is 6.86. The first-order valence-electron chi connectivity index (χ1n) is 11.9. The topological polar surface area (TPSA) is 45.2 Å². The zero-order chi connectivity index (χ0) is 25.2. The van der Waals surface area contributed by atoms with Gasteiger partial charge in [0.15, 0.2) is 0 Å². The van der Waals surface area contributed by atoms with Crippen molar-refractivity contribution in [1.82, 2.24) is 15.2 Å². The summed E-state index contributed by atoms with van der Waals surface area (Å²) in [5.41, 5.74) is 6.35. The number of fused-ring (bicyclic) bond motifs is 2. The lowest BCUT2D eigenvalue weighted by atomic mass is 9.91. The Hall–Kier alpha value is -3.35. The summed E-state index contributed by atoms with van der Waals surface area (Å²) in [4.78, 5) is 19.2. The number of nitrogens with zero attached hydrogens (tertiary/aromatic N) is 2. The summed E-state index contributed by atoms with van der Waals surface area (Å²) in [7, 11) is 0.